The summed E-state index contributed by atoms with van der Waals surface area (Å²) in [5, 5.41) is 3.65. The summed E-state index contributed by atoms with van der Waals surface area (Å²) in [6.45, 7) is 4.84. The fourth-order valence-electron chi connectivity index (χ4n) is 3.76. The van der Waals surface area contributed by atoms with Gasteiger partial charge in [-0.3, -0.25) is 4.90 Å². The standard InChI is InChI=1S/C19H30N2/c1-2-4-8-17(7-3-1)15-20-19-11-9-18(10-12-19)16-21-13-5-6-14-21/h9-12,17,20H,1-8,13-16H2. The Kier molecular flexibility index (Phi) is 5.56. The van der Waals surface area contributed by atoms with Crippen LogP contribution in [0.1, 0.15) is 56.9 Å². The van der Waals surface area contributed by atoms with Crippen LogP contribution in [0.15, 0.2) is 24.3 Å². The average molecular weight is 286 g/mol. The van der Waals surface area contributed by atoms with Gasteiger partial charge in [0, 0.05) is 18.8 Å². The monoisotopic (exact) mass is 286 g/mol. The first-order valence-electron chi connectivity index (χ1n) is 8.95. The predicted molar refractivity (Wildman–Crippen MR) is 90.6 cm³/mol. The molecule has 2 nitrogen and oxygen atoms in total. The first-order valence-corrected chi connectivity index (χ1v) is 8.95. The topological polar surface area (TPSA) is 15.3 Å². The molecule has 1 aromatic rings. The first-order chi connectivity index (χ1) is 10.4. The Morgan fingerprint density at radius 3 is 2.19 bits per heavy atom. The fraction of sp³-hybridized carbons (Fsp3) is 0.684. The van der Waals surface area contributed by atoms with Crippen molar-refractivity contribution in [3.63, 3.8) is 0 Å². The van der Waals surface area contributed by atoms with Crippen LogP contribution in [0.5, 0.6) is 0 Å². The van der Waals surface area contributed by atoms with Crippen molar-refractivity contribution in [1.29, 1.82) is 0 Å². The van der Waals surface area contributed by atoms with Gasteiger partial charge in [0.25, 0.3) is 0 Å². The highest BCUT2D eigenvalue weighted by Gasteiger charge is 2.13. The lowest BCUT2D eigenvalue weighted by Gasteiger charge is -2.17. The highest BCUT2D eigenvalue weighted by Crippen LogP contribution is 2.23. The molecule has 1 aliphatic carbocycles. The van der Waals surface area contributed by atoms with Gasteiger partial charge in [-0.1, -0.05) is 37.8 Å². The number of rotatable bonds is 5. The highest BCUT2D eigenvalue weighted by molar-refractivity contribution is 5.44. The van der Waals surface area contributed by atoms with Gasteiger partial charge in [-0.15, -0.1) is 0 Å². The van der Waals surface area contributed by atoms with Crippen LogP contribution < -0.4 is 5.32 Å². The van der Waals surface area contributed by atoms with Crippen molar-refractivity contribution in [2.24, 2.45) is 5.92 Å². The third-order valence-electron chi connectivity index (χ3n) is 5.13. The number of hydrogen-bond donors (Lipinski definition) is 1. The number of hydrogen-bond acceptors (Lipinski definition) is 2. The molecule has 1 aliphatic heterocycles. The molecule has 0 spiro atoms. The number of anilines is 1. The van der Waals surface area contributed by atoms with Crippen LogP contribution in [0.25, 0.3) is 0 Å². The molecular formula is C19H30N2. The molecule has 3 rings (SSSR count). The summed E-state index contributed by atoms with van der Waals surface area (Å²) >= 11 is 0. The van der Waals surface area contributed by atoms with Crippen molar-refractivity contribution < 1.29 is 0 Å². The van der Waals surface area contributed by atoms with E-state index in [2.05, 4.69) is 34.5 Å². The van der Waals surface area contributed by atoms with Crippen molar-refractivity contribution in [3.8, 4) is 0 Å². The molecule has 2 heteroatoms. The first kappa shape index (κ1) is 14.9. The minimum Gasteiger partial charge on any atom is -0.385 e. The Labute approximate surface area is 129 Å². The van der Waals surface area contributed by atoms with Crippen LogP contribution >= 0.6 is 0 Å². The molecule has 116 valence electrons. The fourth-order valence-corrected chi connectivity index (χ4v) is 3.76. The smallest absolute Gasteiger partial charge is 0.0340 e. The quantitative estimate of drug-likeness (QED) is 0.792. The minimum absolute atomic E-state index is 0.886. The Morgan fingerprint density at radius 1 is 0.857 bits per heavy atom. The van der Waals surface area contributed by atoms with E-state index in [0.29, 0.717) is 0 Å². The van der Waals surface area contributed by atoms with E-state index in [1.54, 1.807) is 0 Å². The van der Waals surface area contributed by atoms with Gasteiger partial charge >= 0.3 is 0 Å². The van der Waals surface area contributed by atoms with Gasteiger partial charge < -0.3 is 5.32 Å². The second kappa shape index (κ2) is 7.84. The lowest BCUT2D eigenvalue weighted by Crippen LogP contribution is -2.18. The second-order valence-corrected chi connectivity index (χ2v) is 6.92. The molecule has 1 saturated carbocycles. The summed E-state index contributed by atoms with van der Waals surface area (Å²) in [5.74, 6) is 0.886. The van der Waals surface area contributed by atoms with Crippen LogP contribution in [0.3, 0.4) is 0 Å². The van der Waals surface area contributed by atoms with E-state index in [0.717, 1.165) is 19.0 Å². The normalized spacial score (nSPS) is 21.3. The Hall–Kier alpha value is -1.02. The molecule has 2 aliphatic rings. The molecule has 0 amide bonds. The third kappa shape index (κ3) is 4.74. The maximum atomic E-state index is 3.65. The summed E-state index contributed by atoms with van der Waals surface area (Å²) in [4.78, 5) is 2.56. The number of likely N-dealkylation sites (tertiary alicyclic amines) is 1. The van der Waals surface area contributed by atoms with Gasteiger partial charge in [0.15, 0.2) is 0 Å². The molecule has 21 heavy (non-hydrogen) atoms. The number of nitrogens with zero attached hydrogens (tertiary/aromatic N) is 1. The maximum absolute atomic E-state index is 3.65. The summed E-state index contributed by atoms with van der Waals surface area (Å²) in [6, 6.07) is 9.13. The number of nitrogens with one attached hydrogen (secondary N) is 1. The van der Waals surface area contributed by atoms with Crippen LogP contribution in [0, 0.1) is 5.92 Å². The average Bonchev–Trinajstić information content (AvgIpc) is 2.88. The Balaban J connectivity index is 1.45. The zero-order chi connectivity index (χ0) is 14.3. The Morgan fingerprint density at radius 2 is 1.52 bits per heavy atom. The van der Waals surface area contributed by atoms with Crippen molar-refractivity contribution in [3.05, 3.63) is 29.8 Å². The van der Waals surface area contributed by atoms with Crippen molar-refractivity contribution in [2.75, 3.05) is 25.0 Å². The summed E-state index contributed by atoms with van der Waals surface area (Å²) in [6.07, 6.45) is 11.3. The van der Waals surface area contributed by atoms with Crippen LogP contribution in [-0.4, -0.2) is 24.5 Å². The summed E-state index contributed by atoms with van der Waals surface area (Å²) < 4.78 is 0. The number of benzene rings is 1. The van der Waals surface area contributed by atoms with E-state index in [1.807, 2.05) is 0 Å². The molecule has 1 N–H and O–H groups in total. The molecule has 1 aromatic carbocycles. The zero-order valence-electron chi connectivity index (χ0n) is 13.3. The van der Waals surface area contributed by atoms with Gasteiger partial charge in [-0.05, 0) is 62.4 Å². The molecule has 0 aromatic heterocycles. The van der Waals surface area contributed by atoms with E-state index in [9.17, 15) is 0 Å². The van der Waals surface area contributed by atoms with E-state index in [4.69, 9.17) is 0 Å². The minimum atomic E-state index is 0.886. The van der Waals surface area contributed by atoms with Crippen LogP contribution in [0.2, 0.25) is 0 Å². The van der Waals surface area contributed by atoms with E-state index in [-0.39, 0.29) is 0 Å². The van der Waals surface area contributed by atoms with E-state index < -0.39 is 0 Å². The van der Waals surface area contributed by atoms with Gasteiger partial charge in [0.05, 0.1) is 0 Å². The van der Waals surface area contributed by atoms with Crippen LogP contribution in [-0.2, 0) is 6.54 Å². The van der Waals surface area contributed by atoms with Gasteiger partial charge in [-0.25, -0.2) is 0 Å². The summed E-state index contributed by atoms with van der Waals surface area (Å²) in [5.41, 5.74) is 2.75. The molecule has 0 radical (unpaired) electrons. The van der Waals surface area contributed by atoms with E-state index in [1.165, 1.54) is 75.7 Å². The van der Waals surface area contributed by atoms with Gasteiger partial charge in [-0.2, -0.15) is 0 Å². The second-order valence-electron chi connectivity index (χ2n) is 6.92. The molecule has 1 heterocycles. The molecule has 0 bridgehead atoms. The molecular weight excluding hydrogens is 256 g/mol. The molecule has 0 atom stereocenters. The van der Waals surface area contributed by atoms with Gasteiger partial charge in [0.1, 0.15) is 0 Å². The zero-order valence-corrected chi connectivity index (χ0v) is 13.3. The van der Waals surface area contributed by atoms with Gasteiger partial charge in [0.2, 0.25) is 0 Å². The third-order valence-corrected chi connectivity index (χ3v) is 5.13. The highest BCUT2D eigenvalue weighted by atomic mass is 15.1. The largest absolute Gasteiger partial charge is 0.385 e. The van der Waals surface area contributed by atoms with Crippen molar-refractivity contribution >= 4 is 5.69 Å². The van der Waals surface area contributed by atoms with E-state index >= 15 is 0 Å². The van der Waals surface area contributed by atoms with Crippen molar-refractivity contribution in [2.45, 2.75) is 57.9 Å². The lowest BCUT2D eigenvalue weighted by atomic mass is 10.0. The van der Waals surface area contributed by atoms with Crippen molar-refractivity contribution in [1.82, 2.24) is 4.90 Å². The maximum Gasteiger partial charge on any atom is 0.0340 e. The summed E-state index contributed by atoms with van der Waals surface area (Å²) in [7, 11) is 0. The lowest BCUT2D eigenvalue weighted by molar-refractivity contribution is 0.331. The molecule has 1 saturated heterocycles. The van der Waals surface area contributed by atoms with Crippen LogP contribution in [0.4, 0.5) is 5.69 Å². The Bertz CT molecular complexity index is 398. The molecule has 0 unspecified atom stereocenters. The SMILES string of the molecule is c1cc(NCC2CCCCCC2)ccc1CN1CCCC1. The predicted octanol–water partition coefficient (Wildman–Crippen LogP) is 4.66. The molecule has 2 fully saturated rings.